The van der Waals surface area contributed by atoms with Gasteiger partial charge in [0.25, 0.3) is 0 Å². The van der Waals surface area contributed by atoms with Gasteiger partial charge in [-0.2, -0.15) is 0 Å². The summed E-state index contributed by atoms with van der Waals surface area (Å²) in [6.45, 7) is 2.23. The van der Waals surface area contributed by atoms with Crippen molar-refractivity contribution in [3.63, 3.8) is 0 Å². The molecule has 3 nitrogen and oxygen atoms in total. The van der Waals surface area contributed by atoms with E-state index in [0.717, 1.165) is 12.8 Å². The first kappa shape index (κ1) is 35.7. The average Bonchev–Trinajstić information content (AvgIpc) is 3.57. The van der Waals surface area contributed by atoms with Crippen molar-refractivity contribution in [2.75, 3.05) is 0 Å². The zero-order valence-electron chi connectivity index (χ0n) is 26.9. The molecule has 5 aromatic rings. The predicted molar refractivity (Wildman–Crippen MR) is 195 cm³/mol. The lowest BCUT2D eigenvalue weighted by molar-refractivity contribution is 0.461. The van der Waals surface area contributed by atoms with Gasteiger partial charge in [-0.1, -0.05) is 161 Å². The molecule has 0 unspecified atom stereocenters. The number of hydrogen-bond donors (Lipinski definition) is 0. The number of hydrogen-bond acceptors (Lipinski definition) is 4. The quantitative estimate of drug-likeness (QED) is 0.0596. The zero-order chi connectivity index (χ0) is 32.5. The van der Waals surface area contributed by atoms with Crippen molar-refractivity contribution in [3.05, 3.63) is 132 Å². The van der Waals surface area contributed by atoms with Gasteiger partial charge in [0.15, 0.2) is 9.79 Å². The monoisotopic (exact) mass is 670 g/mol. The molecular weight excluding hydrogens is 625 g/mol. The Labute approximate surface area is 283 Å². The van der Waals surface area contributed by atoms with E-state index in [-0.39, 0.29) is 15.8 Å². The Morgan fingerprint density at radius 1 is 0.587 bits per heavy atom. The molecule has 0 aliphatic carbocycles. The second-order valence-electron chi connectivity index (χ2n) is 11.4. The van der Waals surface area contributed by atoms with Gasteiger partial charge in [-0.3, -0.25) is 0 Å². The van der Waals surface area contributed by atoms with Gasteiger partial charge < -0.3 is 4.55 Å². The average molecular weight is 671 g/mol. The van der Waals surface area contributed by atoms with Gasteiger partial charge in [-0.05, 0) is 59.9 Å². The van der Waals surface area contributed by atoms with Crippen LogP contribution in [0.1, 0.15) is 76.7 Å². The fourth-order valence-corrected chi connectivity index (χ4v) is 9.77. The van der Waals surface area contributed by atoms with Crippen molar-refractivity contribution in [3.8, 4) is 11.1 Å². The summed E-state index contributed by atoms with van der Waals surface area (Å²) in [7, 11) is -4.40. The summed E-state index contributed by atoms with van der Waals surface area (Å²) in [4.78, 5) is 2.68. The summed E-state index contributed by atoms with van der Waals surface area (Å²) in [5.74, 6) is 0. The minimum absolute atomic E-state index is 0.0491. The maximum Gasteiger partial charge on any atom is 0.220 e. The normalized spacial score (nSPS) is 11.3. The third-order valence-corrected chi connectivity index (χ3v) is 12.3. The molecular formula is C40H46O3S3. The highest BCUT2D eigenvalue weighted by atomic mass is 32.2. The van der Waals surface area contributed by atoms with E-state index in [4.69, 9.17) is 0 Å². The van der Waals surface area contributed by atoms with Crippen LogP contribution in [-0.2, 0) is 27.4 Å². The first-order chi connectivity index (χ1) is 22.5. The first-order valence-electron chi connectivity index (χ1n) is 16.5. The number of thiophene rings is 1. The molecule has 0 spiro atoms. The summed E-state index contributed by atoms with van der Waals surface area (Å²) in [6.07, 6.45) is 13.2. The Bertz CT molecular complexity index is 1610. The lowest BCUT2D eigenvalue weighted by Crippen LogP contribution is -2.03. The van der Waals surface area contributed by atoms with Crippen LogP contribution in [0.4, 0.5) is 0 Å². The van der Waals surface area contributed by atoms with E-state index in [2.05, 4.69) is 109 Å². The Morgan fingerprint density at radius 3 is 1.61 bits per heavy atom. The van der Waals surface area contributed by atoms with Crippen LogP contribution in [0.2, 0.25) is 0 Å². The topological polar surface area (TPSA) is 57.2 Å². The molecule has 1 heterocycles. The number of unbranched alkanes of at least 4 members (excludes halogenated alkanes) is 9. The van der Waals surface area contributed by atoms with Crippen molar-refractivity contribution in [1.29, 1.82) is 0 Å². The van der Waals surface area contributed by atoms with E-state index in [1.165, 1.54) is 82.6 Å². The Morgan fingerprint density at radius 2 is 1.07 bits per heavy atom. The fourth-order valence-electron chi connectivity index (χ4n) is 5.44. The smallest absolute Gasteiger partial charge is 0.220 e. The van der Waals surface area contributed by atoms with Crippen molar-refractivity contribution in [2.24, 2.45) is 0 Å². The number of rotatable bonds is 16. The van der Waals surface area contributed by atoms with Gasteiger partial charge in [-0.25, -0.2) is 8.42 Å². The summed E-state index contributed by atoms with van der Waals surface area (Å²) >= 11 is 1.85. The van der Waals surface area contributed by atoms with Crippen LogP contribution >= 0.6 is 11.3 Å². The van der Waals surface area contributed by atoms with Crippen molar-refractivity contribution >= 4 is 32.3 Å². The Kier molecular flexibility index (Phi) is 15.1. The third kappa shape index (κ3) is 11.6. The van der Waals surface area contributed by atoms with Gasteiger partial charge in [-0.15, -0.1) is 0 Å². The van der Waals surface area contributed by atoms with E-state index < -0.39 is 10.1 Å². The SMILES string of the molecule is CCCCCCCCCCCCc1ccccc1S(=O)(=O)[O-].c1ccc(-c2csc([S+](c3ccccc3)c3ccccc3)c2)cc1. The highest BCUT2D eigenvalue weighted by Crippen LogP contribution is 2.37. The maximum atomic E-state index is 11.2. The molecule has 5 rings (SSSR count). The van der Waals surface area contributed by atoms with E-state index in [1.807, 2.05) is 11.3 Å². The maximum absolute atomic E-state index is 11.2. The van der Waals surface area contributed by atoms with Crippen molar-refractivity contribution < 1.29 is 13.0 Å². The lowest BCUT2D eigenvalue weighted by atomic mass is 10.0. The fraction of sp³-hybridized carbons (Fsp3) is 0.300. The van der Waals surface area contributed by atoms with Crippen LogP contribution in [0.3, 0.4) is 0 Å². The highest BCUT2D eigenvalue weighted by molar-refractivity contribution is 7.98. The van der Waals surface area contributed by atoms with Crippen LogP contribution in [0.25, 0.3) is 11.1 Å². The van der Waals surface area contributed by atoms with Crippen molar-refractivity contribution in [1.82, 2.24) is 0 Å². The van der Waals surface area contributed by atoms with E-state index >= 15 is 0 Å². The molecule has 0 radical (unpaired) electrons. The molecule has 0 aliphatic rings. The summed E-state index contributed by atoms with van der Waals surface area (Å²) in [5.41, 5.74) is 3.25. The van der Waals surface area contributed by atoms with Gasteiger partial charge in [0, 0.05) is 11.4 Å². The Balaban J connectivity index is 0.000000210. The molecule has 0 amide bonds. The summed E-state index contributed by atoms with van der Waals surface area (Å²) in [5, 5.41) is 2.27. The number of aryl methyl sites for hydroxylation is 1. The molecule has 0 aliphatic heterocycles. The Hall–Kier alpha value is -3.16. The first-order valence-corrected chi connectivity index (χ1v) is 20.0. The van der Waals surface area contributed by atoms with Crippen LogP contribution in [0.5, 0.6) is 0 Å². The van der Waals surface area contributed by atoms with Crippen LogP contribution < -0.4 is 0 Å². The molecule has 0 bridgehead atoms. The molecule has 0 saturated heterocycles. The largest absolute Gasteiger partial charge is 0.744 e. The molecule has 1 aromatic heterocycles. The minimum atomic E-state index is -4.35. The van der Waals surface area contributed by atoms with Gasteiger partial charge in [0.1, 0.15) is 21.0 Å². The third-order valence-electron chi connectivity index (χ3n) is 7.88. The van der Waals surface area contributed by atoms with Crippen LogP contribution in [0.15, 0.2) is 146 Å². The zero-order valence-corrected chi connectivity index (χ0v) is 29.3. The van der Waals surface area contributed by atoms with Gasteiger partial charge in [0.05, 0.1) is 4.90 Å². The molecule has 0 N–H and O–H groups in total. The van der Waals surface area contributed by atoms with E-state index in [0.29, 0.717) is 12.0 Å². The summed E-state index contributed by atoms with van der Waals surface area (Å²) in [6, 6.07) is 41.1. The van der Waals surface area contributed by atoms with Crippen molar-refractivity contribution in [2.45, 2.75) is 96.4 Å². The summed E-state index contributed by atoms with van der Waals surface area (Å²) < 4.78 is 34.9. The molecule has 0 atom stereocenters. The van der Waals surface area contributed by atoms with Gasteiger partial charge in [0.2, 0.25) is 4.21 Å². The molecule has 4 aromatic carbocycles. The predicted octanol–water partition coefficient (Wildman–Crippen LogP) is 11.6. The molecule has 6 heteroatoms. The standard InChI is InChI=1S/C22H17S2.C18H30O3S/c1-4-10-18(11-5-1)19-16-22(23-17-19)24(20-12-6-2-7-13-20)21-14-8-3-9-15-21;1-2-3-4-5-6-7-8-9-10-11-14-17-15-12-13-16-18(17)22(19,20)21/h1-17H;12-13,15-16H,2-11,14H2,1H3,(H,19,20,21)/q+1;/p-1. The second kappa shape index (κ2) is 19.5. The van der Waals surface area contributed by atoms with Crippen LogP contribution in [0, 0.1) is 0 Å². The molecule has 46 heavy (non-hydrogen) atoms. The van der Waals surface area contributed by atoms with Gasteiger partial charge >= 0.3 is 0 Å². The molecule has 242 valence electrons. The minimum Gasteiger partial charge on any atom is -0.744 e. The van der Waals surface area contributed by atoms with E-state index in [1.54, 1.807) is 18.2 Å². The van der Waals surface area contributed by atoms with Crippen LogP contribution in [-0.4, -0.2) is 13.0 Å². The molecule has 0 saturated carbocycles. The van der Waals surface area contributed by atoms with E-state index in [9.17, 15) is 13.0 Å². The molecule has 0 fully saturated rings. The lowest BCUT2D eigenvalue weighted by Gasteiger charge is -2.12. The number of benzene rings is 4. The second-order valence-corrected chi connectivity index (χ2v) is 16.0. The highest BCUT2D eigenvalue weighted by Gasteiger charge is 2.30.